The molecule has 1 fully saturated rings. The fourth-order valence-corrected chi connectivity index (χ4v) is 3.12. The Bertz CT molecular complexity index is 515. The third kappa shape index (κ3) is 2.23. The molecule has 2 aliphatic rings. The zero-order valence-electron chi connectivity index (χ0n) is 12.2. The average Bonchev–Trinajstić information content (AvgIpc) is 2.49. The van der Waals surface area contributed by atoms with Gasteiger partial charge in [0.25, 0.3) is 5.91 Å². The molecule has 108 valence electrons. The molecule has 0 bridgehead atoms. The van der Waals surface area contributed by atoms with Gasteiger partial charge in [-0.2, -0.15) is 0 Å². The van der Waals surface area contributed by atoms with E-state index in [0.717, 1.165) is 25.2 Å². The molecule has 1 aromatic carbocycles. The highest BCUT2D eigenvalue weighted by Gasteiger charge is 2.31. The third-order valence-corrected chi connectivity index (χ3v) is 4.54. The van der Waals surface area contributed by atoms with Crippen molar-refractivity contribution in [2.45, 2.75) is 32.7 Å². The summed E-state index contributed by atoms with van der Waals surface area (Å²) in [6.45, 7) is 6.63. The van der Waals surface area contributed by atoms with Gasteiger partial charge in [0.2, 0.25) is 0 Å². The monoisotopic (exact) mass is 274 g/mol. The number of piperidine rings is 1. The van der Waals surface area contributed by atoms with E-state index in [1.54, 1.807) is 0 Å². The molecule has 2 aliphatic heterocycles. The smallest absolute Gasteiger partial charge is 0.257 e. The Balaban J connectivity index is 1.91. The molecule has 2 unspecified atom stereocenters. The molecule has 0 radical (unpaired) electrons. The van der Waals surface area contributed by atoms with Crippen LogP contribution >= 0.6 is 0 Å². The minimum absolute atomic E-state index is 0.101. The number of anilines is 1. The predicted octanol–water partition coefficient (Wildman–Crippen LogP) is 2.75. The van der Waals surface area contributed by atoms with Crippen LogP contribution < -0.4 is 10.1 Å². The number of nitrogens with zero attached hydrogens (tertiary/aromatic N) is 1. The van der Waals surface area contributed by atoms with Gasteiger partial charge in [0, 0.05) is 19.1 Å². The van der Waals surface area contributed by atoms with E-state index in [9.17, 15) is 4.79 Å². The molecule has 2 heterocycles. The lowest BCUT2D eigenvalue weighted by Crippen LogP contribution is -2.46. The zero-order chi connectivity index (χ0) is 14.1. The number of carbonyl (C=O) groups excluding carboxylic acids is 1. The normalized spacial score (nSPS) is 25.4. The molecule has 0 aromatic heterocycles. The molecule has 3 rings (SSSR count). The molecule has 4 heteroatoms. The number of likely N-dealkylation sites (tertiary alicyclic amines) is 1. The molecule has 1 N–H and O–H groups in total. The van der Waals surface area contributed by atoms with Crippen molar-refractivity contribution in [3.63, 3.8) is 0 Å². The van der Waals surface area contributed by atoms with E-state index in [1.165, 1.54) is 6.42 Å². The van der Waals surface area contributed by atoms with Gasteiger partial charge in [0.1, 0.15) is 6.61 Å². The van der Waals surface area contributed by atoms with E-state index in [-0.39, 0.29) is 5.91 Å². The lowest BCUT2D eigenvalue weighted by Gasteiger charge is -2.38. The molecule has 1 saturated heterocycles. The van der Waals surface area contributed by atoms with E-state index < -0.39 is 0 Å². The molecular weight excluding hydrogens is 252 g/mol. The summed E-state index contributed by atoms with van der Waals surface area (Å²) in [6, 6.07) is 6.06. The summed E-state index contributed by atoms with van der Waals surface area (Å²) in [7, 11) is 0. The molecule has 4 nitrogen and oxygen atoms in total. The summed E-state index contributed by atoms with van der Waals surface area (Å²) in [6.07, 6.45) is 2.29. The van der Waals surface area contributed by atoms with Crippen LogP contribution in [0.3, 0.4) is 0 Å². The number of nitrogens with one attached hydrogen (secondary N) is 1. The van der Waals surface area contributed by atoms with Crippen LogP contribution in [0, 0.1) is 5.92 Å². The average molecular weight is 274 g/mol. The van der Waals surface area contributed by atoms with Gasteiger partial charge in [-0.25, -0.2) is 0 Å². The largest absolute Gasteiger partial charge is 0.489 e. The Kier molecular flexibility index (Phi) is 3.55. The summed E-state index contributed by atoms with van der Waals surface area (Å²) in [5.41, 5.74) is 1.62. The van der Waals surface area contributed by atoms with E-state index in [2.05, 4.69) is 19.2 Å². The number of hydrogen-bond donors (Lipinski definition) is 1. The van der Waals surface area contributed by atoms with Crippen molar-refractivity contribution >= 4 is 11.6 Å². The Morgan fingerprint density at radius 1 is 1.40 bits per heavy atom. The maximum atomic E-state index is 12.8. The van der Waals surface area contributed by atoms with Crippen molar-refractivity contribution in [2.24, 2.45) is 5.92 Å². The Labute approximate surface area is 120 Å². The number of para-hydroxylation sites is 1. The van der Waals surface area contributed by atoms with Gasteiger partial charge in [0.15, 0.2) is 5.75 Å². The molecule has 0 spiro atoms. The number of ether oxygens (including phenoxy) is 1. The first-order valence-corrected chi connectivity index (χ1v) is 7.49. The summed E-state index contributed by atoms with van der Waals surface area (Å²) in [5.74, 6) is 1.38. The molecule has 1 aromatic rings. The number of carbonyl (C=O) groups is 1. The Morgan fingerprint density at radius 2 is 2.25 bits per heavy atom. The molecule has 2 atom stereocenters. The van der Waals surface area contributed by atoms with Gasteiger partial charge in [-0.3, -0.25) is 4.79 Å². The maximum Gasteiger partial charge on any atom is 0.257 e. The van der Waals surface area contributed by atoms with Crippen LogP contribution in [0.2, 0.25) is 0 Å². The van der Waals surface area contributed by atoms with Gasteiger partial charge in [-0.1, -0.05) is 13.0 Å². The highest BCUT2D eigenvalue weighted by atomic mass is 16.5. The van der Waals surface area contributed by atoms with Gasteiger partial charge in [0.05, 0.1) is 11.3 Å². The van der Waals surface area contributed by atoms with Crippen molar-refractivity contribution < 1.29 is 9.53 Å². The maximum absolute atomic E-state index is 12.8. The molecule has 1 amide bonds. The second-order valence-corrected chi connectivity index (χ2v) is 5.82. The Hall–Kier alpha value is -1.71. The fourth-order valence-electron chi connectivity index (χ4n) is 3.12. The first-order valence-electron chi connectivity index (χ1n) is 7.49. The van der Waals surface area contributed by atoms with Crippen LogP contribution in [-0.2, 0) is 0 Å². The summed E-state index contributed by atoms with van der Waals surface area (Å²) in [5, 5.41) is 3.29. The van der Waals surface area contributed by atoms with Crippen LogP contribution in [-0.4, -0.2) is 36.5 Å². The molecule has 0 saturated carbocycles. The van der Waals surface area contributed by atoms with Crippen molar-refractivity contribution in [3.8, 4) is 5.75 Å². The lowest BCUT2D eigenvalue weighted by atomic mass is 9.91. The van der Waals surface area contributed by atoms with Crippen molar-refractivity contribution in [3.05, 3.63) is 23.8 Å². The number of fused-ring (bicyclic) bond motifs is 1. The van der Waals surface area contributed by atoms with Crippen molar-refractivity contribution in [1.29, 1.82) is 0 Å². The molecule has 20 heavy (non-hydrogen) atoms. The van der Waals surface area contributed by atoms with Crippen LogP contribution in [0.25, 0.3) is 0 Å². The first-order chi connectivity index (χ1) is 9.68. The van der Waals surface area contributed by atoms with Crippen molar-refractivity contribution in [2.75, 3.05) is 25.0 Å². The quantitative estimate of drug-likeness (QED) is 0.856. The topological polar surface area (TPSA) is 41.6 Å². The van der Waals surface area contributed by atoms with E-state index in [1.807, 2.05) is 23.1 Å². The summed E-state index contributed by atoms with van der Waals surface area (Å²) >= 11 is 0. The third-order valence-electron chi connectivity index (χ3n) is 4.54. The van der Waals surface area contributed by atoms with Gasteiger partial charge in [-0.05, 0) is 37.8 Å². The van der Waals surface area contributed by atoms with Crippen LogP contribution in [0.5, 0.6) is 5.75 Å². The minimum Gasteiger partial charge on any atom is -0.489 e. The standard InChI is InChI=1S/C16H22N2O2/c1-11-5-4-9-18(12(11)2)16(19)13-6-3-7-14-15(13)20-10-8-17-14/h3,6-7,11-12,17H,4-5,8-10H2,1-2H3. The predicted molar refractivity (Wildman–Crippen MR) is 79.3 cm³/mol. The SMILES string of the molecule is CC1CCCN(C(=O)c2cccc3c2OCCN3)C1C. The number of benzene rings is 1. The summed E-state index contributed by atoms with van der Waals surface area (Å²) in [4.78, 5) is 14.8. The van der Waals surface area contributed by atoms with Crippen LogP contribution in [0.1, 0.15) is 37.0 Å². The highest BCUT2D eigenvalue weighted by Crippen LogP contribution is 2.33. The lowest BCUT2D eigenvalue weighted by molar-refractivity contribution is 0.0547. The number of rotatable bonds is 1. The summed E-state index contributed by atoms with van der Waals surface area (Å²) < 4.78 is 5.72. The van der Waals surface area contributed by atoms with Crippen LogP contribution in [0.15, 0.2) is 18.2 Å². The molecular formula is C16H22N2O2. The van der Waals surface area contributed by atoms with E-state index >= 15 is 0 Å². The van der Waals surface area contributed by atoms with E-state index in [0.29, 0.717) is 29.9 Å². The highest BCUT2D eigenvalue weighted by molar-refractivity contribution is 5.99. The molecule has 0 aliphatic carbocycles. The number of hydrogen-bond acceptors (Lipinski definition) is 3. The second-order valence-electron chi connectivity index (χ2n) is 5.82. The van der Waals surface area contributed by atoms with Gasteiger partial charge in [-0.15, -0.1) is 0 Å². The number of amides is 1. The van der Waals surface area contributed by atoms with Gasteiger partial charge >= 0.3 is 0 Å². The second kappa shape index (κ2) is 5.35. The van der Waals surface area contributed by atoms with Crippen molar-refractivity contribution in [1.82, 2.24) is 4.90 Å². The Morgan fingerprint density at radius 3 is 3.10 bits per heavy atom. The van der Waals surface area contributed by atoms with E-state index in [4.69, 9.17) is 4.74 Å². The van der Waals surface area contributed by atoms with Crippen LogP contribution in [0.4, 0.5) is 5.69 Å². The zero-order valence-corrected chi connectivity index (χ0v) is 12.2. The minimum atomic E-state index is 0.101. The first kappa shape index (κ1) is 13.3. The fraction of sp³-hybridized carbons (Fsp3) is 0.562. The van der Waals surface area contributed by atoms with Gasteiger partial charge < -0.3 is 15.0 Å².